The maximum absolute atomic E-state index is 3.19. The molecule has 1 unspecified atom stereocenters. The fourth-order valence-corrected chi connectivity index (χ4v) is 2.41. The van der Waals surface area contributed by atoms with E-state index >= 15 is 0 Å². The molecule has 0 N–H and O–H groups in total. The van der Waals surface area contributed by atoms with Crippen molar-refractivity contribution in [1.82, 2.24) is 0 Å². The van der Waals surface area contributed by atoms with Crippen molar-refractivity contribution in [2.75, 3.05) is 0 Å². The van der Waals surface area contributed by atoms with Crippen LogP contribution in [-0.4, -0.2) is 0 Å². The van der Waals surface area contributed by atoms with E-state index in [9.17, 15) is 0 Å². The van der Waals surface area contributed by atoms with Gasteiger partial charge in [-0.3, -0.25) is 6.08 Å². The standard InChI is InChI=1S/C9H11.C7H9.2ClH.Zr/c1-2-5-9-7-3-6-8(9)4-1;1-6-3-4-7(2)5-6;;;/h1-2,4,6,9H,3,5,7H2;3H,4H2,1-2H3;2*1H;/q2*-1;;;+4/p-2. The minimum absolute atomic E-state index is 0. The van der Waals surface area contributed by atoms with Crippen LogP contribution in [0.25, 0.3) is 0 Å². The largest absolute Gasteiger partial charge is 4.00 e. The fourth-order valence-electron chi connectivity index (χ4n) is 2.41. The van der Waals surface area contributed by atoms with Gasteiger partial charge < -0.3 is 24.8 Å². The van der Waals surface area contributed by atoms with Crippen molar-refractivity contribution >= 4 is 0 Å². The van der Waals surface area contributed by atoms with Crippen LogP contribution < -0.4 is 24.8 Å². The molecule has 0 saturated heterocycles. The van der Waals surface area contributed by atoms with Crippen molar-refractivity contribution in [3.8, 4) is 0 Å². The second-order valence-electron chi connectivity index (χ2n) is 4.81. The summed E-state index contributed by atoms with van der Waals surface area (Å²) < 4.78 is 0. The summed E-state index contributed by atoms with van der Waals surface area (Å²) in [6.07, 6.45) is 19.5. The molecule has 19 heavy (non-hydrogen) atoms. The van der Waals surface area contributed by atoms with Crippen molar-refractivity contribution in [3.05, 3.63) is 53.5 Å². The van der Waals surface area contributed by atoms with E-state index in [0.717, 1.165) is 12.3 Å². The molecule has 1 fully saturated rings. The molecule has 0 aromatic rings. The van der Waals surface area contributed by atoms with Crippen molar-refractivity contribution in [2.24, 2.45) is 5.92 Å². The van der Waals surface area contributed by atoms with E-state index < -0.39 is 0 Å². The van der Waals surface area contributed by atoms with Crippen LogP contribution in [0.5, 0.6) is 0 Å². The zero-order valence-corrected chi connectivity index (χ0v) is 15.5. The average molecular weight is 374 g/mol. The Hall–Kier alpha value is 0.293. The van der Waals surface area contributed by atoms with Gasteiger partial charge in [0.2, 0.25) is 0 Å². The van der Waals surface area contributed by atoms with Crippen LogP contribution >= 0.6 is 0 Å². The Kier molecular flexibility index (Phi) is 12.5. The van der Waals surface area contributed by atoms with Gasteiger partial charge in [0.1, 0.15) is 0 Å². The van der Waals surface area contributed by atoms with Gasteiger partial charge in [-0.05, 0) is 12.3 Å². The Morgan fingerprint density at radius 1 is 1.26 bits per heavy atom. The van der Waals surface area contributed by atoms with Gasteiger partial charge in [0.15, 0.2) is 0 Å². The molecular weight excluding hydrogens is 354 g/mol. The summed E-state index contributed by atoms with van der Waals surface area (Å²) in [5, 5.41) is 0. The van der Waals surface area contributed by atoms with Gasteiger partial charge in [-0.1, -0.05) is 26.7 Å². The van der Waals surface area contributed by atoms with E-state index in [0.29, 0.717) is 0 Å². The molecule has 0 amide bonds. The molecule has 3 aliphatic rings. The minimum atomic E-state index is 0. The Balaban J connectivity index is 0. The average Bonchev–Trinajstić information content (AvgIpc) is 2.88. The molecule has 0 aliphatic heterocycles. The van der Waals surface area contributed by atoms with Gasteiger partial charge in [-0.15, -0.1) is 18.6 Å². The second kappa shape index (κ2) is 11.0. The maximum atomic E-state index is 3.19. The van der Waals surface area contributed by atoms with Crippen molar-refractivity contribution < 1.29 is 51.0 Å². The molecule has 102 valence electrons. The molecule has 0 radical (unpaired) electrons. The fraction of sp³-hybridized carbons (Fsp3) is 0.438. The molecule has 0 nitrogen and oxygen atoms in total. The Morgan fingerprint density at radius 3 is 2.47 bits per heavy atom. The van der Waals surface area contributed by atoms with Crippen LogP contribution in [-0.2, 0) is 26.2 Å². The van der Waals surface area contributed by atoms with E-state index in [-0.39, 0.29) is 51.0 Å². The summed E-state index contributed by atoms with van der Waals surface area (Å²) in [5.41, 5.74) is 4.23. The molecular formula is C16H20Cl2Zr. The number of rotatable bonds is 0. The van der Waals surface area contributed by atoms with Gasteiger partial charge in [-0.2, -0.15) is 5.57 Å². The van der Waals surface area contributed by atoms with Gasteiger partial charge in [-0.25, -0.2) is 29.7 Å². The van der Waals surface area contributed by atoms with Crippen LogP contribution in [0.3, 0.4) is 0 Å². The Bertz CT molecular complexity index is 378. The van der Waals surface area contributed by atoms with E-state index in [1.165, 1.54) is 30.4 Å². The normalized spacial score (nSPS) is 21.8. The molecule has 3 heteroatoms. The monoisotopic (exact) mass is 372 g/mol. The molecule has 3 rings (SSSR count). The third-order valence-electron chi connectivity index (χ3n) is 3.34. The molecule has 1 saturated carbocycles. The predicted molar refractivity (Wildman–Crippen MR) is 69.7 cm³/mol. The first-order chi connectivity index (χ1) is 7.75. The SMILES string of the molecule is C1=CCC2CC[CH-]C2=C1.CC1=[C-]C(C)=CC1.[Cl-].[Cl-].[Zr+4]. The molecule has 0 aromatic carbocycles. The number of allylic oxidation sites excluding steroid dienone is 8. The molecule has 0 bridgehead atoms. The van der Waals surface area contributed by atoms with E-state index in [2.05, 4.69) is 50.6 Å². The molecule has 0 heterocycles. The van der Waals surface area contributed by atoms with Gasteiger partial charge in [0, 0.05) is 0 Å². The third kappa shape index (κ3) is 7.02. The number of halogens is 2. The third-order valence-corrected chi connectivity index (χ3v) is 3.34. The zero-order chi connectivity index (χ0) is 11.4. The molecule has 3 aliphatic carbocycles. The summed E-state index contributed by atoms with van der Waals surface area (Å²) >= 11 is 0. The maximum Gasteiger partial charge on any atom is 4.00 e. The summed E-state index contributed by atoms with van der Waals surface area (Å²) in [4.78, 5) is 0. The van der Waals surface area contributed by atoms with Gasteiger partial charge in [0.25, 0.3) is 0 Å². The first-order valence-electron chi connectivity index (χ1n) is 6.22. The first kappa shape index (κ1) is 21.6. The predicted octanol–water partition coefficient (Wildman–Crippen LogP) is -1.42. The smallest absolute Gasteiger partial charge is 1.00 e. The van der Waals surface area contributed by atoms with Crippen LogP contribution in [0.1, 0.15) is 39.5 Å². The van der Waals surface area contributed by atoms with Crippen LogP contribution in [0.4, 0.5) is 0 Å². The molecule has 0 aromatic heterocycles. The number of hydrogen-bond donors (Lipinski definition) is 0. The topological polar surface area (TPSA) is 0 Å². The summed E-state index contributed by atoms with van der Waals surface area (Å²) in [7, 11) is 0. The molecule has 0 spiro atoms. The van der Waals surface area contributed by atoms with Crippen molar-refractivity contribution in [3.63, 3.8) is 0 Å². The Morgan fingerprint density at radius 2 is 2.00 bits per heavy atom. The van der Waals surface area contributed by atoms with Crippen LogP contribution in [0.2, 0.25) is 0 Å². The molecule has 1 atom stereocenters. The zero-order valence-electron chi connectivity index (χ0n) is 11.5. The van der Waals surface area contributed by atoms with Crippen molar-refractivity contribution in [1.29, 1.82) is 0 Å². The first-order valence-corrected chi connectivity index (χ1v) is 6.22. The van der Waals surface area contributed by atoms with Crippen molar-refractivity contribution in [2.45, 2.75) is 39.5 Å². The Labute approximate surface area is 149 Å². The summed E-state index contributed by atoms with van der Waals surface area (Å²) in [6, 6.07) is 0. The quantitative estimate of drug-likeness (QED) is 0.457. The van der Waals surface area contributed by atoms with Crippen LogP contribution in [0.15, 0.2) is 41.0 Å². The van der Waals surface area contributed by atoms with Crippen LogP contribution in [0, 0.1) is 18.4 Å². The second-order valence-corrected chi connectivity index (χ2v) is 4.81. The summed E-state index contributed by atoms with van der Waals surface area (Å²) in [5.74, 6) is 0.884. The number of hydrogen-bond acceptors (Lipinski definition) is 0. The van der Waals surface area contributed by atoms with Gasteiger partial charge in [0.05, 0.1) is 0 Å². The van der Waals surface area contributed by atoms with E-state index in [4.69, 9.17) is 0 Å². The minimum Gasteiger partial charge on any atom is -1.00 e. The van der Waals surface area contributed by atoms with E-state index in [1.807, 2.05) is 0 Å². The number of fused-ring (bicyclic) bond motifs is 1. The van der Waals surface area contributed by atoms with Gasteiger partial charge >= 0.3 is 26.2 Å². The summed E-state index contributed by atoms with van der Waals surface area (Å²) in [6.45, 7) is 4.18. The van der Waals surface area contributed by atoms with E-state index in [1.54, 1.807) is 5.57 Å².